The standard InChI is InChI=1S/C63H42/c1-5-17-41(18-6-1)42-29-31-44(32-30-42)59-50-26-14-13-25-49(50)55-39-45(33-35-51(55)59)46-34-36-52-56(40-46)53-37-38-58-61(62(53)60(52)43-19-7-2-8-20-43)54-27-15-16-28-57(54)63(58,47-21-9-3-10-22-47)48-23-11-4-12-24-48/h1-40,59-60H. The van der Waals surface area contributed by atoms with E-state index >= 15 is 0 Å². The molecule has 0 spiro atoms. The molecule has 0 bridgehead atoms. The van der Waals surface area contributed by atoms with E-state index in [0.717, 1.165) is 0 Å². The molecular formula is C63H42. The Morgan fingerprint density at radius 2 is 0.746 bits per heavy atom. The monoisotopic (exact) mass is 798 g/mol. The van der Waals surface area contributed by atoms with Gasteiger partial charge in [-0.3, -0.25) is 0 Å². The first-order valence-electron chi connectivity index (χ1n) is 22.2. The molecule has 0 nitrogen and oxygen atoms in total. The van der Waals surface area contributed by atoms with E-state index < -0.39 is 5.41 Å². The first-order chi connectivity index (χ1) is 31.3. The van der Waals surface area contributed by atoms with Gasteiger partial charge >= 0.3 is 0 Å². The lowest BCUT2D eigenvalue weighted by atomic mass is 9.67. The molecule has 10 aromatic carbocycles. The van der Waals surface area contributed by atoms with Crippen LogP contribution < -0.4 is 0 Å². The highest BCUT2D eigenvalue weighted by Crippen LogP contribution is 2.62. The largest absolute Gasteiger partial charge is 0.0713 e. The second-order valence-electron chi connectivity index (χ2n) is 17.4. The molecule has 0 amide bonds. The molecule has 0 radical (unpaired) electrons. The third-order valence-corrected chi connectivity index (χ3v) is 14.4. The molecule has 3 aliphatic rings. The van der Waals surface area contributed by atoms with Gasteiger partial charge in [0.05, 0.1) is 5.41 Å². The Morgan fingerprint density at radius 1 is 0.270 bits per heavy atom. The first-order valence-corrected chi connectivity index (χ1v) is 22.2. The summed E-state index contributed by atoms with van der Waals surface area (Å²) in [4.78, 5) is 0. The van der Waals surface area contributed by atoms with Crippen LogP contribution in [0.3, 0.4) is 0 Å². The molecular weight excluding hydrogens is 757 g/mol. The number of fused-ring (bicyclic) bond motifs is 10. The topological polar surface area (TPSA) is 0 Å². The zero-order chi connectivity index (χ0) is 41.5. The van der Waals surface area contributed by atoms with Gasteiger partial charge in [0, 0.05) is 11.8 Å². The molecule has 13 rings (SSSR count). The quantitative estimate of drug-likeness (QED) is 0.157. The van der Waals surface area contributed by atoms with Crippen LogP contribution in [0.4, 0.5) is 0 Å². The molecule has 294 valence electrons. The Hall–Kier alpha value is -7.80. The molecule has 3 aliphatic carbocycles. The molecule has 63 heavy (non-hydrogen) atoms. The van der Waals surface area contributed by atoms with Crippen LogP contribution in [0.5, 0.6) is 0 Å². The van der Waals surface area contributed by atoms with Gasteiger partial charge in [-0.1, -0.05) is 231 Å². The van der Waals surface area contributed by atoms with Gasteiger partial charge in [0.2, 0.25) is 0 Å². The minimum Gasteiger partial charge on any atom is -0.0622 e. The highest BCUT2D eigenvalue weighted by atomic mass is 14.5. The fourth-order valence-electron chi connectivity index (χ4n) is 11.7. The van der Waals surface area contributed by atoms with Gasteiger partial charge in [-0.25, -0.2) is 0 Å². The van der Waals surface area contributed by atoms with E-state index in [9.17, 15) is 0 Å². The molecule has 0 saturated carbocycles. The molecule has 0 heteroatoms. The predicted octanol–water partition coefficient (Wildman–Crippen LogP) is 15.7. The van der Waals surface area contributed by atoms with Crippen molar-refractivity contribution in [3.8, 4) is 55.6 Å². The van der Waals surface area contributed by atoms with Crippen LogP contribution >= 0.6 is 0 Å². The summed E-state index contributed by atoms with van der Waals surface area (Å²) in [5, 5.41) is 0. The fourth-order valence-corrected chi connectivity index (χ4v) is 11.7. The number of rotatable bonds is 6. The van der Waals surface area contributed by atoms with Crippen molar-refractivity contribution in [2.75, 3.05) is 0 Å². The summed E-state index contributed by atoms with van der Waals surface area (Å²) in [6.07, 6.45) is 0. The van der Waals surface area contributed by atoms with E-state index in [-0.39, 0.29) is 11.8 Å². The highest BCUT2D eigenvalue weighted by molar-refractivity contribution is 5.97. The van der Waals surface area contributed by atoms with Crippen LogP contribution in [0.2, 0.25) is 0 Å². The summed E-state index contributed by atoms with van der Waals surface area (Å²) >= 11 is 0. The van der Waals surface area contributed by atoms with Crippen molar-refractivity contribution in [1.82, 2.24) is 0 Å². The van der Waals surface area contributed by atoms with Gasteiger partial charge in [0.15, 0.2) is 0 Å². The lowest BCUT2D eigenvalue weighted by molar-refractivity contribution is 0.767. The van der Waals surface area contributed by atoms with Crippen LogP contribution in [0.15, 0.2) is 243 Å². The van der Waals surface area contributed by atoms with Crippen LogP contribution in [-0.2, 0) is 5.41 Å². The van der Waals surface area contributed by atoms with E-state index in [4.69, 9.17) is 0 Å². The summed E-state index contributed by atoms with van der Waals surface area (Å²) in [6, 6.07) is 91.0. The van der Waals surface area contributed by atoms with E-state index in [1.807, 2.05) is 0 Å². The smallest absolute Gasteiger partial charge is 0.0622 e. The Bertz CT molecular complexity index is 3320. The maximum atomic E-state index is 2.48. The van der Waals surface area contributed by atoms with Crippen molar-refractivity contribution in [1.29, 1.82) is 0 Å². The van der Waals surface area contributed by atoms with Crippen molar-refractivity contribution in [3.05, 3.63) is 298 Å². The van der Waals surface area contributed by atoms with Crippen LogP contribution in [0.1, 0.15) is 67.5 Å². The maximum Gasteiger partial charge on any atom is 0.0713 e. The second kappa shape index (κ2) is 14.1. The van der Waals surface area contributed by atoms with Crippen molar-refractivity contribution >= 4 is 0 Å². The minimum absolute atomic E-state index is 0.0940. The second-order valence-corrected chi connectivity index (χ2v) is 17.4. The van der Waals surface area contributed by atoms with Crippen LogP contribution in [0.25, 0.3) is 55.6 Å². The fraction of sp³-hybridized carbons (Fsp3) is 0.0476. The van der Waals surface area contributed by atoms with Gasteiger partial charge in [-0.15, -0.1) is 0 Å². The molecule has 2 atom stereocenters. The lowest BCUT2D eigenvalue weighted by Gasteiger charge is -2.34. The highest BCUT2D eigenvalue weighted by Gasteiger charge is 2.49. The number of hydrogen-bond donors (Lipinski definition) is 0. The van der Waals surface area contributed by atoms with E-state index in [1.54, 1.807) is 0 Å². The zero-order valence-corrected chi connectivity index (χ0v) is 34.7. The van der Waals surface area contributed by atoms with E-state index in [1.165, 1.54) is 111 Å². The van der Waals surface area contributed by atoms with Crippen molar-refractivity contribution in [2.24, 2.45) is 0 Å². The van der Waals surface area contributed by atoms with E-state index in [2.05, 4.69) is 243 Å². The van der Waals surface area contributed by atoms with Crippen molar-refractivity contribution in [2.45, 2.75) is 17.3 Å². The SMILES string of the molecule is c1ccc(-c2ccc(C3c4ccccc4-c4cc(-c5ccc6c(c5)-c5ccc7c(c5C6c5ccccc5)-c5ccccc5C7(c5ccccc5)c5ccccc5)ccc43)cc2)cc1. The minimum atomic E-state index is -0.451. The molecule has 0 heterocycles. The Balaban J connectivity index is 0.976. The summed E-state index contributed by atoms with van der Waals surface area (Å²) in [5.74, 6) is 0.286. The average Bonchev–Trinajstić information content (AvgIpc) is 3.99. The molecule has 2 unspecified atom stereocenters. The van der Waals surface area contributed by atoms with E-state index in [0.29, 0.717) is 0 Å². The van der Waals surface area contributed by atoms with Crippen molar-refractivity contribution in [3.63, 3.8) is 0 Å². The summed E-state index contributed by atoms with van der Waals surface area (Å²) < 4.78 is 0. The lowest BCUT2D eigenvalue weighted by Crippen LogP contribution is -2.28. The summed E-state index contributed by atoms with van der Waals surface area (Å²) in [7, 11) is 0. The van der Waals surface area contributed by atoms with Gasteiger partial charge in [0.25, 0.3) is 0 Å². The summed E-state index contributed by atoms with van der Waals surface area (Å²) in [5.41, 5.74) is 26.0. The Labute approximate surface area is 369 Å². The molecule has 10 aromatic rings. The third-order valence-electron chi connectivity index (χ3n) is 14.4. The normalized spacial score (nSPS) is 15.7. The molecule has 0 aromatic heterocycles. The molecule has 0 aliphatic heterocycles. The predicted molar refractivity (Wildman–Crippen MR) is 260 cm³/mol. The number of benzene rings is 10. The third kappa shape index (κ3) is 5.28. The summed E-state index contributed by atoms with van der Waals surface area (Å²) in [6.45, 7) is 0. The maximum absolute atomic E-state index is 2.48. The first kappa shape index (κ1) is 35.9. The molecule has 0 N–H and O–H groups in total. The van der Waals surface area contributed by atoms with Gasteiger partial charge in [-0.2, -0.15) is 0 Å². The van der Waals surface area contributed by atoms with Gasteiger partial charge in [0.1, 0.15) is 0 Å². The Kier molecular flexibility index (Phi) is 8.05. The van der Waals surface area contributed by atoms with Gasteiger partial charge < -0.3 is 0 Å². The van der Waals surface area contributed by atoms with Crippen LogP contribution in [0, 0.1) is 0 Å². The Morgan fingerprint density at radius 3 is 1.41 bits per heavy atom. The molecule has 0 saturated heterocycles. The van der Waals surface area contributed by atoms with Gasteiger partial charge in [-0.05, 0) is 123 Å². The van der Waals surface area contributed by atoms with Crippen LogP contribution in [-0.4, -0.2) is 0 Å². The number of hydrogen-bond acceptors (Lipinski definition) is 0. The molecule has 0 fully saturated rings. The van der Waals surface area contributed by atoms with Crippen molar-refractivity contribution < 1.29 is 0 Å². The zero-order valence-electron chi connectivity index (χ0n) is 34.7. The average molecular weight is 799 g/mol.